The molecule has 2 aromatic carbocycles. The molecule has 7 nitrogen and oxygen atoms in total. The number of rotatable bonds is 8. The molecule has 1 heterocycles. The quantitative estimate of drug-likeness (QED) is 0.482. The number of nitrogens with one attached hydrogen (secondary N) is 2. The fourth-order valence-corrected chi connectivity index (χ4v) is 4.66. The maximum absolute atomic E-state index is 12.7. The van der Waals surface area contributed by atoms with Crippen molar-refractivity contribution in [3.63, 3.8) is 0 Å². The minimum absolute atomic E-state index is 0.0342. The molecule has 31 heavy (non-hydrogen) atoms. The van der Waals surface area contributed by atoms with E-state index < -0.39 is 10.0 Å². The number of hydrogen-bond donors (Lipinski definition) is 2. The summed E-state index contributed by atoms with van der Waals surface area (Å²) in [5.41, 5.74) is 2.65. The van der Waals surface area contributed by atoms with Crippen LogP contribution in [0.25, 0.3) is 0 Å². The van der Waals surface area contributed by atoms with Crippen LogP contribution in [0.2, 0.25) is 10.0 Å². The van der Waals surface area contributed by atoms with Gasteiger partial charge in [0.2, 0.25) is 10.0 Å². The highest BCUT2D eigenvalue weighted by molar-refractivity contribution is 7.89. The highest BCUT2D eigenvalue weighted by Crippen LogP contribution is 2.19. The van der Waals surface area contributed by atoms with Crippen molar-refractivity contribution in [2.75, 3.05) is 13.1 Å². The SMILES string of the molecule is Cc1nn(Cc2ccccc2Cl)c(C)c1C(=O)NCCNS(=O)(=O)c1cccc(Cl)c1. The van der Waals surface area contributed by atoms with Gasteiger partial charge in [0, 0.05) is 28.8 Å². The minimum Gasteiger partial charge on any atom is -0.351 e. The average molecular weight is 481 g/mol. The first kappa shape index (κ1) is 23.3. The van der Waals surface area contributed by atoms with Crippen molar-refractivity contribution >= 4 is 39.1 Å². The summed E-state index contributed by atoms with van der Waals surface area (Å²) in [5.74, 6) is -0.317. The van der Waals surface area contributed by atoms with E-state index in [-0.39, 0.29) is 23.9 Å². The first-order valence-electron chi connectivity index (χ1n) is 9.50. The zero-order valence-electron chi connectivity index (χ0n) is 17.0. The van der Waals surface area contributed by atoms with Crippen LogP contribution < -0.4 is 10.0 Å². The van der Waals surface area contributed by atoms with Gasteiger partial charge in [-0.1, -0.05) is 47.5 Å². The van der Waals surface area contributed by atoms with Crippen LogP contribution in [0.3, 0.4) is 0 Å². The number of halogens is 2. The zero-order valence-corrected chi connectivity index (χ0v) is 19.4. The van der Waals surface area contributed by atoms with Crippen molar-refractivity contribution < 1.29 is 13.2 Å². The number of nitrogens with zero attached hydrogens (tertiary/aromatic N) is 2. The number of carbonyl (C=O) groups is 1. The molecule has 0 unspecified atom stereocenters. The molecule has 0 fully saturated rings. The van der Waals surface area contributed by atoms with E-state index in [1.54, 1.807) is 29.8 Å². The first-order chi connectivity index (χ1) is 14.7. The third-order valence-corrected chi connectivity index (χ3v) is 6.76. The molecule has 1 amide bonds. The molecular weight excluding hydrogens is 459 g/mol. The average Bonchev–Trinajstić information content (AvgIpc) is 3.00. The molecule has 0 saturated heterocycles. The van der Waals surface area contributed by atoms with Crippen LogP contribution in [0, 0.1) is 13.8 Å². The summed E-state index contributed by atoms with van der Waals surface area (Å²) in [6.45, 7) is 4.17. The van der Waals surface area contributed by atoms with E-state index in [1.165, 1.54) is 12.1 Å². The van der Waals surface area contributed by atoms with E-state index in [0.29, 0.717) is 33.5 Å². The fourth-order valence-electron chi connectivity index (χ4n) is 3.13. The van der Waals surface area contributed by atoms with Crippen molar-refractivity contribution in [3.05, 3.63) is 81.1 Å². The molecule has 3 rings (SSSR count). The molecule has 0 atom stereocenters. The Balaban J connectivity index is 1.61. The van der Waals surface area contributed by atoms with E-state index in [9.17, 15) is 13.2 Å². The van der Waals surface area contributed by atoms with E-state index in [4.69, 9.17) is 23.2 Å². The maximum atomic E-state index is 12.7. The summed E-state index contributed by atoms with van der Waals surface area (Å²) >= 11 is 12.1. The van der Waals surface area contributed by atoms with Crippen LogP contribution in [0.15, 0.2) is 53.4 Å². The summed E-state index contributed by atoms with van der Waals surface area (Å²) in [4.78, 5) is 12.7. The standard InChI is InChI=1S/C21H22Cl2N4O3S/c1-14-20(15(2)27(26-14)13-16-6-3-4-9-19(16)23)21(28)24-10-11-25-31(29,30)18-8-5-7-17(22)12-18/h3-9,12,25H,10-11,13H2,1-2H3,(H,24,28). The Bertz CT molecular complexity index is 1210. The van der Waals surface area contributed by atoms with Crippen LogP contribution in [0.4, 0.5) is 0 Å². The Kier molecular flexibility index (Phi) is 7.38. The molecule has 3 aromatic rings. The van der Waals surface area contributed by atoms with Crippen molar-refractivity contribution in [1.29, 1.82) is 0 Å². The van der Waals surface area contributed by atoms with Crippen LogP contribution >= 0.6 is 23.2 Å². The number of benzene rings is 2. The van der Waals surface area contributed by atoms with Gasteiger partial charge in [-0.25, -0.2) is 13.1 Å². The number of carbonyl (C=O) groups excluding carboxylic acids is 1. The molecule has 0 aliphatic carbocycles. The second kappa shape index (κ2) is 9.82. The molecule has 2 N–H and O–H groups in total. The predicted molar refractivity (Wildman–Crippen MR) is 121 cm³/mol. The van der Waals surface area contributed by atoms with Crippen LogP contribution in [0.1, 0.15) is 27.3 Å². The number of amides is 1. The molecule has 1 aromatic heterocycles. The third kappa shape index (κ3) is 5.65. The largest absolute Gasteiger partial charge is 0.351 e. The highest BCUT2D eigenvalue weighted by Gasteiger charge is 2.19. The molecule has 0 aliphatic heterocycles. The van der Waals surface area contributed by atoms with E-state index in [0.717, 1.165) is 5.56 Å². The number of aromatic nitrogens is 2. The molecule has 164 valence electrons. The second-order valence-electron chi connectivity index (χ2n) is 6.91. The summed E-state index contributed by atoms with van der Waals surface area (Å²) in [6, 6.07) is 13.4. The van der Waals surface area contributed by atoms with Crippen LogP contribution in [0.5, 0.6) is 0 Å². The van der Waals surface area contributed by atoms with Gasteiger partial charge in [0.05, 0.1) is 22.7 Å². The van der Waals surface area contributed by atoms with Crippen molar-refractivity contribution in [2.24, 2.45) is 0 Å². The molecule has 0 saturated carbocycles. The van der Waals surface area contributed by atoms with Gasteiger partial charge in [-0.2, -0.15) is 5.10 Å². The van der Waals surface area contributed by atoms with Crippen molar-refractivity contribution in [1.82, 2.24) is 19.8 Å². The van der Waals surface area contributed by atoms with Gasteiger partial charge in [-0.3, -0.25) is 9.48 Å². The van der Waals surface area contributed by atoms with Gasteiger partial charge in [0.15, 0.2) is 0 Å². The molecular formula is C21H22Cl2N4O3S. The molecule has 0 spiro atoms. The fraction of sp³-hybridized carbons (Fsp3) is 0.238. The molecule has 0 radical (unpaired) electrons. The molecule has 0 bridgehead atoms. The smallest absolute Gasteiger partial charge is 0.255 e. The van der Waals surface area contributed by atoms with E-state index in [2.05, 4.69) is 15.1 Å². The summed E-state index contributed by atoms with van der Waals surface area (Å²) in [5, 5.41) is 8.15. The van der Waals surface area contributed by atoms with E-state index in [1.807, 2.05) is 25.1 Å². The second-order valence-corrected chi connectivity index (χ2v) is 9.52. The Labute approximate surface area is 191 Å². The molecule has 10 heteroatoms. The normalized spacial score (nSPS) is 11.5. The van der Waals surface area contributed by atoms with Gasteiger partial charge >= 0.3 is 0 Å². The number of aryl methyl sites for hydroxylation is 1. The summed E-state index contributed by atoms with van der Waals surface area (Å²) in [7, 11) is -3.71. The number of sulfonamides is 1. The Hall–Kier alpha value is -2.39. The van der Waals surface area contributed by atoms with Crippen molar-refractivity contribution in [2.45, 2.75) is 25.3 Å². The van der Waals surface area contributed by atoms with Crippen LogP contribution in [-0.4, -0.2) is 37.2 Å². The van der Waals surface area contributed by atoms with Gasteiger partial charge in [-0.05, 0) is 43.7 Å². The van der Waals surface area contributed by atoms with Gasteiger partial charge < -0.3 is 5.32 Å². The lowest BCUT2D eigenvalue weighted by Gasteiger charge is -2.09. The van der Waals surface area contributed by atoms with Crippen molar-refractivity contribution in [3.8, 4) is 0 Å². The number of hydrogen-bond acceptors (Lipinski definition) is 4. The minimum atomic E-state index is -3.71. The van der Waals surface area contributed by atoms with Gasteiger partial charge in [0.1, 0.15) is 0 Å². The zero-order chi connectivity index (χ0) is 22.6. The highest BCUT2D eigenvalue weighted by atomic mass is 35.5. The van der Waals surface area contributed by atoms with Gasteiger partial charge in [-0.15, -0.1) is 0 Å². The lowest BCUT2D eigenvalue weighted by molar-refractivity contribution is 0.0953. The predicted octanol–water partition coefficient (Wildman–Crippen LogP) is 3.56. The topological polar surface area (TPSA) is 93.1 Å². The Morgan fingerprint density at radius 3 is 2.52 bits per heavy atom. The molecule has 0 aliphatic rings. The lowest BCUT2D eigenvalue weighted by Crippen LogP contribution is -2.35. The Morgan fingerprint density at radius 1 is 1.06 bits per heavy atom. The van der Waals surface area contributed by atoms with Gasteiger partial charge in [0.25, 0.3) is 5.91 Å². The maximum Gasteiger partial charge on any atom is 0.255 e. The summed E-state index contributed by atoms with van der Waals surface area (Å²) in [6.07, 6.45) is 0. The van der Waals surface area contributed by atoms with Crippen LogP contribution in [-0.2, 0) is 16.6 Å². The summed E-state index contributed by atoms with van der Waals surface area (Å²) < 4.78 is 28.8. The van der Waals surface area contributed by atoms with E-state index >= 15 is 0 Å². The Morgan fingerprint density at radius 2 is 1.81 bits per heavy atom. The first-order valence-corrected chi connectivity index (χ1v) is 11.7. The monoisotopic (exact) mass is 480 g/mol. The third-order valence-electron chi connectivity index (χ3n) is 4.70. The lowest BCUT2D eigenvalue weighted by atomic mass is 10.1.